The minimum absolute atomic E-state index is 0.290. The summed E-state index contributed by atoms with van der Waals surface area (Å²) in [5, 5.41) is 0.290. The van der Waals surface area contributed by atoms with Gasteiger partial charge in [-0.25, -0.2) is 0 Å². The first kappa shape index (κ1) is 17.9. The van der Waals surface area contributed by atoms with Gasteiger partial charge in [-0.1, -0.05) is 34.1 Å². The summed E-state index contributed by atoms with van der Waals surface area (Å²) < 4.78 is 6.21. The molecule has 2 nitrogen and oxygen atoms in total. The summed E-state index contributed by atoms with van der Waals surface area (Å²) in [6.45, 7) is 14.6. The van der Waals surface area contributed by atoms with Crippen molar-refractivity contribution in [2.75, 3.05) is 6.61 Å². The second-order valence-corrected chi connectivity index (χ2v) is 12.9. The fourth-order valence-electron chi connectivity index (χ4n) is 2.76. The molecule has 3 heteroatoms. The Morgan fingerprint density at radius 3 is 2.50 bits per heavy atom. The van der Waals surface area contributed by atoms with Crippen LogP contribution in [0.3, 0.4) is 0 Å². The maximum absolute atomic E-state index is 11.9. The van der Waals surface area contributed by atoms with Gasteiger partial charge in [0.15, 0.2) is 8.32 Å². The van der Waals surface area contributed by atoms with E-state index in [1.54, 1.807) is 0 Å². The van der Waals surface area contributed by atoms with E-state index in [1.165, 1.54) is 6.42 Å². The van der Waals surface area contributed by atoms with Crippen LogP contribution in [0.25, 0.3) is 0 Å². The first-order valence-electron chi connectivity index (χ1n) is 8.32. The highest BCUT2D eigenvalue weighted by Crippen LogP contribution is 2.37. The maximum Gasteiger partial charge on any atom is 0.191 e. The summed E-state index contributed by atoms with van der Waals surface area (Å²) in [5.41, 5.74) is 0. The summed E-state index contributed by atoms with van der Waals surface area (Å²) in [6.07, 6.45) is 6.50. The van der Waals surface area contributed by atoms with Crippen LogP contribution in [-0.2, 0) is 9.22 Å². The van der Waals surface area contributed by atoms with Gasteiger partial charge in [-0.2, -0.15) is 0 Å². The highest BCUT2D eigenvalue weighted by molar-refractivity contribution is 6.74. The second-order valence-electron chi connectivity index (χ2n) is 8.05. The Morgan fingerprint density at radius 2 is 1.95 bits per heavy atom. The smallest absolute Gasteiger partial charge is 0.191 e. The maximum atomic E-state index is 11.9. The second kappa shape index (κ2) is 7.21. The zero-order valence-electron chi connectivity index (χ0n) is 14.4. The van der Waals surface area contributed by atoms with Gasteiger partial charge in [0.25, 0.3) is 0 Å². The zero-order chi connectivity index (χ0) is 15.4. The number of hydrogen-bond acceptors (Lipinski definition) is 2. The van der Waals surface area contributed by atoms with E-state index in [9.17, 15) is 4.79 Å². The molecule has 1 fully saturated rings. The quantitative estimate of drug-likeness (QED) is 0.498. The van der Waals surface area contributed by atoms with Crippen molar-refractivity contribution in [2.24, 2.45) is 11.8 Å². The molecule has 1 rings (SSSR count). The van der Waals surface area contributed by atoms with Gasteiger partial charge >= 0.3 is 0 Å². The Labute approximate surface area is 126 Å². The summed E-state index contributed by atoms with van der Waals surface area (Å²) in [6, 6.07) is 0. The van der Waals surface area contributed by atoms with E-state index in [-0.39, 0.29) is 5.04 Å². The molecule has 2 unspecified atom stereocenters. The lowest BCUT2D eigenvalue weighted by Crippen LogP contribution is -2.41. The van der Waals surface area contributed by atoms with E-state index >= 15 is 0 Å². The Bertz CT molecular complexity index is 317. The molecule has 1 saturated carbocycles. The average molecular weight is 299 g/mol. The molecule has 0 aliphatic heterocycles. The molecule has 0 bridgehead atoms. The molecule has 0 amide bonds. The number of rotatable bonds is 6. The first-order valence-corrected chi connectivity index (χ1v) is 11.2. The zero-order valence-corrected chi connectivity index (χ0v) is 15.4. The van der Waals surface area contributed by atoms with Gasteiger partial charge in [0.2, 0.25) is 0 Å². The Kier molecular flexibility index (Phi) is 6.46. The lowest BCUT2D eigenvalue weighted by atomic mass is 9.78. The van der Waals surface area contributed by atoms with Crippen LogP contribution in [-0.4, -0.2) is 20.7 Å². The van der Waals surface area contributed by atoms with E-state index in [0.29, 0.717) is 17.6 Å². The predicted molar refractivity (Wildman–Crippen MR) is 88.5 cm³/mol. The van der Waals surface area contributed by atoms with Crippen LogP contribution in [0.4, 0.5) is 0 Å². The molecule has 0 saturated heterocycles. The standard InChI is InChI=1S/C17H34O2Si/c1-14(15-11-7-8-12-16(15)18)10-9-13-19-20(5,6)17(2,3)4/h14-15H,7-13H2,1-6H3. The van der Waals surface area contributed by atoms with Crippen molar-refractivity contribution in [2.45, 2.75) is 84.4 Å². The summed E-state index contributed by atoms with van der Waals surface area (Å²) in [7, 11) is -1.60. The number of Topliss-reactive ketones (excluding diaryl/α,β-unsaturated/α-hetero) is 1. The molecule has 20 heavy (non-hydrogen) atoms. The fraction of sp³-hybridized carbons (Fsp3) is 0.941. The van der Waals surface area contributed by atoms with Gasteiger partial charge in [-0.15, -0.1) is 0 Å². The van der Waals surface area contributed by atoms with Crippen LogP contribution >= 0.6 is 0 Å². The normalized spacial score (nSPS) is 22.9. The fourth-order valence-corrected chi connectivity index (χ4v) is 3.85. The van der Waals surface area contributed by atoms with E-state index in [0.717, 1.165) is 38.7 Å². The molecular weight excluding hydrogens is 264 g/mol. The molecule has 0 aromatic rings. The third-order valence-electron chi connectivity index (χ3n) is 5.36. The van der Waals surface area contributed by atoms with E-state index < -0.39 is 8.32 Å². The third kappa shape index (κ3) is 4.99. The van der Waals surface area contributed by atoms with Gasteiger partial charge in [0, 0.05) is 18.9 Å². The van der Waals surface area contributed by atoms with Crippen LogP contribution in [0.5, 0.6) is 0 Å². The molecule has 0 radical (unpaired) electrons. The molecule has 0 heterocycles. The van der Waals surface area contributed by atoms with Crippen LogP contribution < -0.4 is 0 Å². The Hall–Kier alpha value is -0.153. The minimum atomic E-state index is -1.60. The molecule has 0 N–H and O–H groups in total. The van der Waals surface area contributed by atoms with Crippen molar-refractivity contribution < 1.29 is 9.22 Å². The largest absolute Gasteiger partial charge is 0.417 e. The first-order chi connectivity index (χ1) is 9.15. The Balaban J connectivity index is 2.29. The Morgan fingerprint density at radius 1 is 1.30 bits per heavy atom. The molecule has 0 spiro atoms. The van der Waals surface area contributed by atoms with Crippen molar-refractivity contribution in [1.82, 2.24) is 0 Å². The third-order valence-corrected chi connectivity index (χ3v) is 9.90. The monoisotopic (exact) mass is 298 g/mol. The van der Waals surface area contributed by atoms with Crippen LogP contribution in [0.1, 0.15) is 66.2 Å². The number of carbonyl (C=O) groups is 1. The van der Waals surface area contributed by atoms with Crippen LogP contribution in [0.2, 0.25) is 18.1 Å². The number of ketones is 1. The van der Waals surface area contributed by atoms with E-state index in [1.807, 2.05) is 0 Å². The van der Waals surface area contributed by atoms with Gasteiger partial charge in [0.05, 0.1) is 0 Å². The van der Waals surface area contributed by atoms with Gasteiger partial charge in [-0.3, -0.25) is 4.79 Å². The van der Waals surface area contributed by atoms with Crippen molar-refractivity contribution in [3.8, 4) is 0 Å². The van der Waals surface area contributed by atoms with Crippen molar-refractivity contribution >= 4 is 14.1 Å². The summed E-state index contributed by atoms with van der Waals surface area (Å²) in [4.78, 5) is 11.9. The lowest BCUT2D eigenvalue weighted by Gasteiger charge is -2.36. The van der Waals surface area contributed by atoms with Gasteiger partial charge in [0.1, 0.15) is 5.78 Å². The SMILES string of the molecule is CC(CCCO[Si](C)(C)C(C)(C)C)C1CCCCC1=O. The molecule has 2 atom stereocenters. The number of carbonyl (C=O) groups excluding carboxylic acids is 1. The predicted octanol–water partition coefficient (Wildman–Crippen LogP) is 5.18. The highest BCUT2D eigenvalue weighted by atomic mass is 28.4. The van der Waals surface area contributed by atoms with E-state index in [4.69, 9.17) is 4.43 Å². The average Bonchev–Trinajstić information content (AvgIpc) is 2.33. The van der Waals surface area contributed by atoms with Crippen molar-refractivity contribution in [1.29, 1.82) is 0 Å². The van der Waals surface area contributed by atoms with Crippen LogP contribution in [0.15, 0.2) is 0 Å². The molecular formula is C17H34O2Si. The number of hydrogen-bond donors (Lipinski definition) is 0. The molecule has 0 aromatic heterocycles. The van der Waals surface area contributed by atoms with Gasteiger partial charge in [-0.05, 0) is 49.7 Å². The topological polar surface area (TPSA) is 26.3 Å². The molecule has 0 aromatic carbocycles. The summed E-state index contributed by atoms with van der Waals surface area (Å²) in [5.74, 6) is 1.37. The van der Waals surface area contributed by atoms with E-state index in [2.05, 4.69) is 40.8 Å². The molecule has 1 aliphatic carbocycles. The highest BCUT2D eigenvalue weighted by Gasteiger charge is 2.37. The van der Waals surface area contributed by atoms with Crippen molar-refractivity contribution in [3.63, 3.8) is 0 Å². The van der Waals surface area contributed by atoms with Crippen LogP contribution in [0, 0.1) is 11.8 Å². The van der Waals surface area contributed by atoms with Gasteiger partial charge < -0.3 is 4.43 Å². The minimum Gasteiger partial charge on any atom is -0.417 e. The van der Waals surface area contributed by atoms with Crippen molar-refractivity contribution in [3.05, 3.63) is 0 Å². The molecule has 118 valence electrons. The molecule has 1 aliphatic rings. The summed E-state index contributed by atoms with van der Waals surface area (Å²) >= 11 is 0. The lowest BCUT2D eigenvalue weighted by molar-refractivity contribution is -0.126.